The van der Waals surface area contributed by atoms with Crippen molar-refractivity contribution in [3.8, 4) is 0 Å². The van der Waals surface area contributed by atoms with Gasteiger partial charge in [-0.05, 0) is 28.5 Å². The molecule has 8 heteroatoms. The Bertz CT molecular complexity index is 1670. The molecule has 0 saturated carbocycles. The lowest BCUT2D eigenvalue weighted by molar-refractivity contribution is 0.0997. The van der Waals surface area contributed by atoms with Crippen LogP contribution in [0.1, 0.15) is 21.7 Å². The Balaban J connectivity index is 1.28. The van der Waals surface area contributed by atoms with Gasteiger partial charge in [-0.25, -0.2) is 14.6 Å². The minimum atomic E-state index is -0.324. The maximum absolute atomic E-state index is 13.4. The fourth-order valence-electron chi connectivity index (χ4n) is 4.25. The van der Waals surface area contributed by atoms with Crippen molar-refractivity contribution < 1.29 is 9.21 Å². The molecule has 1 amide bonds. The summed E-state index contributed by atoms with van der Waals surface area (Å²) in [5.41, 5.74) is 2.59. The predicted octanol–water partition coefficient (Wildman–Crippen LogP) is 6.17. The molecule has 3 aromatic carbocycles. The Morgan fingerprint density at radius 1 is 0.861 bits per heavy atom. The van der Waals surface area contributed by atoms with E-state index in [9.17, 15) is 4.79 Å². The van der Waals surface area contributed by atoms with Crippen LogP contribution in [0.25, 0.3) is 21.7 Å². The first-order valence-corrected chi connectivity index (χ1v) is 12.4. The molecule has 7 nitrogen and oxygen atoms in total. The van der Waals surface area contributed by atoms with Gasteiger partial charge >= 0.3 is 0 Å². The van der Waals surface area contributed by atoms with E-state index in [0.717, 1.165) is 21.9 Å². The van der Waals surface area contributed by atoms with Crippen LogP contribution in [0.5, 0.6) is 0 Å². The lowest BCUT2D eigenvalue weighted by Gasteiger charge is -2.11. The van der Waals surface area contributed by atoms with Crippen LogP contribution in [0.15, 0.2) is 107 Å². The van der Waals surface area contributed by atoms with Gasteiger partial charge in [0.2, 0.25) is 0 Å². The van der Waals surface area contributed by atoms with E-state index in [2.05, 4.69) is 44.6 Å². The van der Waals surface area contributed by atoms with Gasteiger partial charge in [-0.2, -0.15) is 5.10 Å². The SMILES string of the molecule is O=C(Nc1ccnn1Cc1cccc2ccccc12)c1oc2ccccc2c1CSc1ncccn1. The number of anilines is 1. The van der Waals surface area contributed by atoms with Crippen molar-refractivity contribution in [2.24, 2.45) is 0 Å². The summed E-state index contributed by atoms with van der Waals surface area (Å²) in [6, 6.07) is 25.7. The quantitative estimate of drug-likeness (QED) is 0.212. The van der Waals surface area contributed by atoms with E-state index >= 15 is 0 Å². The van der Waals surface area contributed by atoms with Gasteiger partial charge in [0.15, 0.2) is 10.9 Å². The molecule has 0 unspecified atom stereocenters. The molecule has 176 valence electrons. The van der Waals surface area contributed by atoms with Crippen molar-refractivity contribution in [2.45, 2.75) is 17.5 Å². The third kappa shape index (κ3) is 4.34. The minimum absolute atomic E-state index is 0.276. The van der Waals surface area contributed by atoms with Crippen molar-refractivity contribution in [2.75, 3.05) is 5.32 Å². The van der Waals surface area contributed by atoms with Crippen LogP contribution in [0.3, 0.4) is 0 Å². The van der Waals surface area contributed by atoms with E-state index in [1.165, 1.54) is 17.1 Å². The Morgan fingerprint density at radius 3 is 2.53 bits per heavy atom. The summed E-state index contributed by atoms with van der Waals surface area (Å²) in [4.78, 5) is 22.0. The van der Waals surface area contributed by atoms with Crippen LogP contribution in [-0.2, 0) is 12.3 Å². The molecule has 6 aromatic rings. The zero-order chi connectivity index (χ0) is 24.3. The summed E-state index contributed by atoms with van der Waals surface area (Å²) in [6.07, 6.45) is 5.09. The Labute approximate surface area is 211 Å². The fourth-order valence-corrected chi connectivity index (χ4v) is 5.08. The lowest BCUT2D eigenvalue weighted by atomic mass is 10.0. The zero-order valence-electron chi connectivity index (χ0n) is 19.2. The molecule has 6 rings (SSSR count). The summed E-state index contributed by atoms with van der Waals surface area (Å²) in [7, 11) is 0. The molecule has 0 aliphatic rings. The zero-order valence-corrected chi connectivity index (χ0v) is 20.0. The summed E-state index contributed by atoms with van der Waals surface area (Å²) >= 11 is 1.46. The molecule has 3 aromatic heterocycles. The number of benzene rings is 3. The number of hydrogen-bond donors (Lipinski definition) is 1. The summed E-state index contributed by atoms with van der Waals surface area (Å²) in [5.74, 6) is 1.05. The second kappa shape index (κ2) is 9.67. The fraction of sp³-hybridized carbons (Fsp3) is 0.0714. The molecule has 3 heterocycles. The maximum atomic E-state index is 13.4. The molecule has 0 fully saturated rings. The topological polar surface area (TPSA) is 85.8 Å². The number of para-hydroxylation sites is 1. The Hall–Kier alpha value is -4.43. The highest BCUT2D eigenvalue weighted by molar-refractivity contribution is 7.98. The molecule has 1 N–H and O–H groups in total. The average molecular weight is 492 g/mol. The molecule has 0 bridgehead atoms. The van der Waals surface area contributed by atoms with Gasteiger partial charge in [0.05, 0.1) is 12.7 Å². The van der Waals surface area contributed by atoms with Gasteiger partial charge in [0.1, 0.15) is 11.4 Å². The van der Waals surface area contributed by atoms with Crippen LogP contribution in [-0.4, -0.2) is 25.7 Å². The normalized spacial score (nSPS) is 11.2. The predicted molar refractivity (Wildman–Crippen MR) is 141 cm³/mol. The van der Waals surface area contributed by atoms with Crippen molar-refractivity contribution in [3.63, 3.8) is 0 Å². The Kier molecular flexibility index (Phi) is 5.93. The number of fused-ring (bicyclic) bond motifs is 2. The Morgan fingerprint density at radius 2 is 1.64 bits per heavy atom. The number of hydrogen-bond acceptors (Lipinski definition) is 6. The number of aromatic nitrogens is 4. The third-order valence-corrected chi connectivity index (χ3v) is 6.85. The lowest BCUT2D eigenvalue weighted by Crippen LogP contribution is -2.17. The van der Waals surface area contributed by atoms with Gasteiger partial charge in [-0.3, -0.25) is 4.79 Å². The number of nitrogens with one attached hydrogen (secondary N) is 1. The van der Waals surface area contributed by atoms with Crippen molar-refractivity contribution in [1.29, 1.82) is 0 Å². The number of furan rings is 1. The highest BCUT2D eigenvalue weighted by Gasteiger charge is 2.22. The minimum Gasteiger partial charge on any atom is -0.451 e. The standard InChI is InChI=1S/C28H21N5O2S/c34-27(26-23(18-36-28-29-14-6-15-30-28)22-11-3-4-12-24(22)35-26)32-25-13-16-31-33(25)17-20-9-5-8-19-7-1-2-10-21(19)20/h1-16H,17-18H2,(H,32,34). The van der Waals surface area contributed by atoms with Crippen LogP contribution < -0.4 is 5.32 Å². The molecule has 0 spiro atoms. The number of thioether (sulfide) groups is 1. The first-order valence-electron chi connectivity index (χ1n) is 11.5. The van der Waals surface area contributed by atoms with E-state index < -0.39 is 0 Å². The van der Waals surface area contributed by atoms with Crippen molar-refractivity contribution in [3.05, 3.63) is 114 Å². The first kappa shape index (κ1) is 22.1. The van der Waals surface area contributed by atoms with E-state index in [1.54, 1.807) is 35.4 Å². The summed E-state index contributed by atoms with van der Waals surface area (Å²) < 4.78 is 7.80. The largest absolute Gasteiger partial charge is 0.451 e. The van der Waals surface area contributed by atoms with Crippen molar-refractivity contribution >= 4 is 45.2 Å². The average Bonchev–Trinajstić information content (AvgIpc) is 3.52. The number of nitrogens with zero attached hydrogens (tertiary/aromatic N) is 4. The second-order valence-electron chi connectivity index (χ2n) is 8.19. The molecule has 36 heavy (non-hydrogen) atoms. The molecular formula is C28H21N5O2S. The van der Waals surface area contributed by atoms with Gasteiger partial charge < -0.3 is 9.73 Å². The maximum Gasteiger partial charge on any atom is 0.292 e. The van der Waals surface area contributed by atoms with Gasteiger partial charge in [-0.15, -0.1) is 0 Å². The molecule has 0 atom stereocenters. The molecule has 0 aliphatic carbocycles. The highest BCUT2D eigenvalue weighted by atomic mass is 32.2. The van der Waals surface area contributed by atoms with Crippen molar-refractivity contribution in [1.82, 2.24) is 19.7 Å². The second-order valence-corrected chi connectivity index (χ2v) is 9.13. The van der Waals surface area contributed by atoms with Gasteiger partial charge in [-0.1, -0.05) is 72.4 Å². The van der Waals surface area contributed by atoms with Gasteiger partial charge in [0, 0.05) is 35.2 Å². The summed E-state index contributed by atoms with van der Waals surface area (Å²) in [5, 5.41) is 11.3. The van der Waals surface area contributed by atoms with Crippen LogP contribution in [0.4, 0.5) is 5.82 Å². The third-order valence-electron chi connectivity index (χ3n) is 5.95. The smallest absolute Gasteiger partial charge is 0.292 e. The molecule has 0 aliphatic heterocycles. The van der Waals surface area contributed by atoms with E-state index in [0.29, 0.717) is 28.9 Å². The number of rotatable bonds is 7. The number of amides is 1. The molecule has 0 saturated heterocycles. The number of carbonyl (C=O) groups excluding carboxylic acids is 1. The van der Waals surface area contributed by atoms with E-state index in [-0.39, 0.29) is 11.7 Å². The van der Waals surface area contributed by atoms with Crippen LogP contribution in [0, 0.1) is 0 Å². The molecular weight excluding hydrogens is 470 g/mol. The van der Waals surface area contributed by atoms with Crippen LogP contribution in [0.2, 0.25) is 0 Å². The van der Waals surface area contributed by atoms with Crippen LogP contribution >= 0.6 is 11.8 Å². The summed E-state index contributed by atoms with van der Waals surface area (Å²) in [6.45, 7) is 0.526. The van der Waals surface area contributed by atoms with E-state index in [4.69, 9.17) is 4.42 Å². The number of carbonyl (C=O) groups is 1. The highest BCUT2D eigenvalue weighted by Crippen LogP contribution is 2.31. The van der Waals surface area contributed by atoms with Gasteiger partial charge in [0.25, 0.3) is 5.91 Å². The first-order chi connectivity index (χ1) is 17.8. The monoisotopic (exact) mass is 491 g/mol. The van der Waals surface area contributed by atoms with E-state index in [1.807, 2.05) is 42.5 Å². The molecule has 0 radical (unpaired) electrons.